The van der Waals surface area contributed by atoms with Crippen LogP contribution in [-0.4, -0.2) is 22.3 Å². The first-order valence-electron chi connectivity index (χ1n) is 10.8. The first kappa shape index (κ1) is 20.7. The largest absolute Gasteiger partial charge is 0.397 e. The number of nitrogens with one attached hydrogen (secondary N) is 1. The van der Waals surface area contributed by atoms with Gasteiger partial charge in [0.2, 0.25) is 0 Å². The van der Waals surface area contributed by atoms with Gasteiger partial charge in [-0.05, 0) is 48.2 Å². The minimum absolute atomic E-state index is 0.178. The molecule has 3 N–H and O–H groups in total. The molecule has 2 aromatic heterocycles. The van der Waals surface area contributed by atoms with E-state index in [2.05, 4.69) is 40.5 Å². The Bertz CT molecular complexity index is 1310. The molecule has 2 aromatic carbocycles. The van der Waals surface area contributed by atoms with Crippen LogP contribution in [0.15, 0.2) is 54.6 Å². The van der Waals surface area contributed by atoms with Gasteiger partial charge in [-0.25, -0.2) is 4.98 Å². The van der Waals surface area contributed by atoms with E-state index in [0.29, 0.717) is 10.6 Å². The van der Waals surface area contributed by atoms with Crippen molar-refractivity contribution in [2.45, 2.75) is 33.4 Å². The normalized spacial score (nSPS) is 13.8. The Labute approximate surface area is 191 Å². The second-order valence-electron chi connectivity index (χ2n) is 8.44. The van der Waals surface area contributed by atoms with Crippen molar-refractivity contribution in [3.8, 4) is 0 Å². The predicted octanol–water partition coefficient (Wildman–Crippen LogP) is 5.31. The number of nitrogens with two attached hydrogens (primary N) is 1. The molecule has 162 valence electrons. The second-order valence-corrected chi connectivity index (χ2v) is 9.44. The van der Waals surface area contributed by atoms with Gasteiger partial charge < -0.3 is 11.1 Å². The summed E-state index contributed by atoms with van der Waals surface area (Å²) in [6.07, 6.45) is 0.903. The molecule has 32 heavy (non-hydrogen) atoms. The molecule has 0 radical (unpaired) electrons. The van der Waals surface area contributed by atoms with Crippen molar-refractivity contribution in [2.24, 2.45) is 0 Å². The summed E-state index contributed by atoms with van der Waals surface area (Å²) in [7, 11) is 0. The van der Waals surface area contributed by atoms with Gasteiger partial charge in [-0.15, -0.1) is 11.3 Å². The number of benzene rings is 2. The lowest BCUT2D eigenvalue weighted by atomic mass is 10.0. The number of aromatic nitrogens is 1. The van der Waals surface area contributed by atoms with Crippen LogP contribution >= 0.6 is 11.3 Å². The van der Waals surface area contributed by atoms with Crippen LogP contribution in [0.1, 0.15) is 37.6 Å². The number of hydrogen-bond donors (Lipinski definition) is 2. The summed E-state index contributed by atoms with van der Waals surface area (Å²) in [6.45, 7) is 6.78. The average molecular weight is 443 g/mol. The maximum absolute atomic E-state index is 13.0. The van der Waals surface area contributed by atoms with Crippen molar-refractivity contribution in [2.75, 3.05) is 17.6 Å². The molecule has 0 atom stereocenters. The molecule has 0 fully saturated rings. The van der Waals surface area contributed by atoms with Crippen LogP contribution in [0.2, 0.25) is 0 Å². The standard InChI is InChI=1S/C26H26N4OS/c1-16-7-6-10-21(17(16)2)28-25(31)24-23(27)20-13-19-15-30(14-18-8-4-3-5-9-18)12-11-22(19)29-26(20)32-24/h3-10,13H,11-12,14-15,27H2,1-2H3,(H,28,31). The van der Waals surface area contributed by atoms with E-state index in [-0.39, 0.29) is 5.91 Å². The highest BCUT2D eigenvalue weighted by atomic mass is 32.1. The molecule has 3 heterocycles. The zero-order chi connectivity index (χ0) is 22.2. The van der Waals surface area contributed by atoms with Crippen LogP contribution in [0.3, 0.4) is 0 Å². The summed E-state index contributed by atoms with van der Waals surface area (Å²) in [4.78, 5) is 21.7. The van der Waals surface area contributed by atoms with Gasteiger partial charge in [0, 0.05) is 42.8 Å². The van der Waals surface area contributed by atoms with Crippen molar-refractivity contribution in [3.63, 3.8) is 0 Å². The van der Waals surface area contributed by atoms with Gasteiger partial charge in [0.25, 0.3) is 5.91 Å². The van der Waals surface area contributed by atoms with Crippen LogP contribution in [0.5, 0.6) is 0 Å². The lowest BCUT2D eigenvalue weighted by Crippen LogP contribution is -2.30. The Morgan fingerprint density at radius 2 is 1.97 bits per heavy atom. The number of nitrogen functional groups attached to an aromatic ring is 1. The average Bonchev–Trinajstić information content (AvgIpc) is 3.12. The number of nitrogens with zero attached hydrogens (tertiary/aromatic N) is 2. The van der Waals surface area contributed by atoms with Crippen molar-refractivity contribution in [1.82, 2.24) is 9.88 Å². The van der Waals surface area contributed by atoms with Crippen LogP contribution < -0.4 is 11.1 Å². The molecule has 5 rings (SSSR count). The molecule has 6 heteroatoms. The van der Waals surface area contributed by atoms with E-state index in [1.807, 2.05) is 38.1 Å². The smallest absolute Gasteiger partial charge is 0.267 e. The van der Waals surface area contributed by atoms with Crippen molar-refractivity contribution >= 4 is 38.8 Å². The highest BCUT2D eigenvalue weighted by Crippen LogP contribution is 2.36. The van der Waals surface area contributed by atoms with Gasteiger partial charge in [-0.2, -0.15) is 0 Å². The molecule has 1 amide bonds. The van der Waals surface area contributed by atoms with Gasteiger partial charge in [0.15, 0.2) is 0 Å². The topological polar surface area (TPSA) is 71.2 Å². The van der Waals surface area contributed by atoms with Crippen LogP contribution in [0, 0.1) is 13.8 Å². The van der Waals surface area contributed by atoms with Crippen LogP contribution in [-0.2, 0) is 19.5 Å². The molecule has 0 saturated heterocycles. The maximum Gasteiger partial charge on any atom is 0.267 e. The Kier molecular flexibility index (Phi) is 5.41. The van der Waals surface area contributed by atoms with E-state index in [0.717, 1.165) is 58.8 Å². The van der Waals surface area contributed by atoms with E-state index >= 15 is 0 Å². The minimum Gasteiger partial charge on any atom is -0.397 e. The molecule has 0 unspecified atom stereocenters. The number of amides is 1. The first-order chi connectivity index (χ1) is 15.5. The SMILES string of the molecule is Cc1cccc(NC(=O)c2sc3nc4c(cc3c2N)CN(Cc2ccccc2)CC4)c1C. The monoisotopic (exact) mass is 442 g/mol. The number of rotatable bonds is 4. The fourth-order valence-corrected chi connectivity index (χ4v) is 5.26. The number of hydrogen-bond acceptors (Lipinski definition) is 5. The number of thiophene rings is 1. The molecule has 5 nitrogen and oxygen atoms in total. The fourth-order valence-electron chi connectivity index (χ4n) is 4.27. The molecule has 4 aromatic rings. The van der Waals surface area contributed by atoms with Crippen molar-refractivity contribution < 1.29 is 4.79 Å². The van der Waals surface area contributed by atoms with Gasteiger partial charge in [0.1, 0.15) is 9.71 Å². The highest BCUT2D eigenvalue weighted by molar-refractivity contribution is 7.21. The van der Waals surface area contributed by atoms with E-state index in [1.165, 1.54) is 22.5 Å². The zero-order valence-corrected chi connectivity index (χ0v) is 19.1. The summed E-state index contributed by atoms with van der Waals surface area (Å²) in [6, 6.07) is 18.6. The number of aryl methyl sites for hydroxylation is 1. The van der Waals surface area contributed by atoms with Gasteiger partial charge in [-0.3, -0.25) is 9.69 Å². The van der Waals surface area contributed by atoms with E-state index < -0.39 is 0 Å². The lowest BCUT2D eigenvalue weighted by molar-refractivity contribution is 0.103. The highest BCUT2D eigenvalue weighted by Gasteiger charge is 2.23. The molecule has 1 aliphatic rings. The summed E-state index contributed by atoms with van der Waals surface area (Å²) >= 11 is 1.38. The number of carbonyl (C=O) groups excluding carboxylic acids is 1. The molecule has 0 aliphatic carbocycles. The van der Waals surface area contributed by atoms with Crippen molar-refractivity contribution in [1.29, 1.82) is 0 Å². The third-order valence-electron chi connectivity index (χ3n) is 6.26. The number of anilines is 2. The molecular weight excluding hydrogens is 416 g/mol. The van der Waals surface area contributed by atoms with Gasteiger partial charge >= 0.3 is 0 Å². The van der Waals surface area contributed by atoms with E-state index in [1.54, 1.807) is 0 Å². The molecule has 0 bridgehead atoms. The number of fused-ring (bicyclic) bond motifs is 2. The first-order valence-corrected chi connectivity index (χ1v) is 11.7. The lowest BCUT2D eigenvalue weighted by Gasteiger charge is -2.28. The molecular formula is C26H26N4OS. The van der Waals surface area contributed by atoms with E-state index in [9.17, 15) is 4.79 Å². The van der Waals surface area contributed by atoms with Crippen LogP contribution in [0.25, 0.3) is 10.2 Å². The van der Waals surface area contributed by atoms with Crippen molar-refractivity contribution in [3.05, 3.63) is 87.4 Å². The Hall–Kier alpha value is -3.22. The zero-order valence-electron chi connectivity index (χ0n) is 18.3. The third-order valence-corrected chi connectivity index (χ3v) is 7.37. The van der Waals surface area contributed by atoms with Crippen LogP contribution in [0.4, 0.5) is 11.4 Å². The number of carbonyl (C=O) groups is 1. The van der Waals surface area contributed by atoms with Gasteiger partial charge in [0.05, 0.1) is 5.69 Å². The maximum atomic E-state index is 13.0. The fraction of sp³-hybridized carbons (Fsp3) is 0.231. The minimum atomic E-state index is -0.178. The second kappa shape index (κ2) is 8.37. The molecule has 1 aliphatic heterocycles. The summed E-state index contributed by atoms with van der Waals surface area (Å²) in [5.41, 5.74) is 13.6. The summed E-state index contributed by atoms with van der Waals surface area (Å²) < 4.78 is 0. The Morgan fingerprint density at radius 3 is 2.78 bits per heavy atom. The summed E-state index contributed by atoms with van der Waals surface area (Å²) in [5, 5.41) is 3.90. The quantitative estimate of drug-likeness (QED) is 0.450. The summed E-state index contributed by atoms with van der Waals surface area (Å²) in [5.74, 6) is -0.178. The number of pyridine rings is 1. The van der Waals surface area contributed by atoms with Gasteiger partial charge in [-0.1, -0.05) is 42.5 Å². The predicted molar refractivity (Wildman–Crippen MR) is 132 cm³/mol. The van der Waals surface area contributed by atoms with E-state index in [4.69, 9.17) is 10.7 Å². The third kappa shape index (κ3) is 3.87. The Morgan fingerprint density at radius 1 is 1.16 bits per heavy atom. The molecule has 0 spiro atoms. The molecule has 0 saturated carbocycles. The Balaban J connectivity index is 1.41.